The lowest BCUT2D eigenvalue weighted by Gasteiger charge is -2.15. The molecule has 0 saturated carbocycles. The third-order valence-electron chi connectivity index (χ3n) is 2.28. The smallest absolute Gasteiger partial charge is 0.125 e. The van der Waals surface area contributed by atoms with E-state index in [4.69, 9.17) is 22.1 Å². The van der Waals surface area contributed by atoms with E-state index < -0.39 is 0 Å². The third-order valence-corrected chi connectivity index (χ3v) is 2.51. The molecule has 0 radical (unpaired) electrons. The van der Waals surface area contributed by atoms with Crippen LogP contribution in [0.2, 0.25) is 5.02 Å². The number of halogens is 1. The van der Waals surface area contributed by atoms with Gasteiger partial charge in [-0.3, -0.25) is 0 Å². The number of nitrogens with two attached hydrogens (primary N) is 1. The van der Waals surface area contributed by atoms with E-state index >= 15 is 0 Å². The number of hydrogen-bond donors (Lipinski definition) is 1. The Hall–Kier alpha value is -0.990. The number of ether oxygens (including phenoxy) is 1. The predicted molar refractivity (Wildman–Crippen MR) is 64.4 cm³/mol. The van der Waals surface area contributed by atoms with Crippen LogP contribution in [0.5, 0.6) is 5.75 Å². The van der Waals surface area contributed by atoms with Crippen molar-refractivity contribution in [1.29, 1.82) is 0 Å². The number of hydrogen-bond acceptors (Lipinski definition) is 2. The Bertz CT molecular complexity index is 338. The lowest BCUT2D eigenvalue weighted by Crippen LogP contribution is -2.11. The lowest BCUT2D eigenvalue weighted by molar-refractivity contribution is 0.404. The second-order valence-corrected chi connectivity index (χ2v) is 3.80. The number of allylic oxidation sites excluding steroid dienone is 1. The first-order valence-corrected chi connectivity index (χ1v) is 5.26. The van der Waals surface area contributed by atoms with Gasteiger partial charge in [-0.05, 0) is 25.0 Å². The molecule has 3 heteroatoms. The summed E-state index contributed by atoms with van der Waals surface area (Å²) in [7, 11) is 1.62. The predicted octanol–water partition coefficient (Wildman–Crippen LogP) is 3.31. The molecule has 0 aliphatic heterocycles. The molecule has 1 atom stereocenters. The number of benzene rings is 1. The van der Waals surface area contributed by atoms with E-state index in [1.807, 2.05) is 18.2 Å². The van der Waals surface area contributed by atoms with Crippen LogP contribution in [0.1, 0.15) is 24.4 Å². The molecule has 1 rings (SSSR count). The van der Waals surface area contributed by atoms with Gasteiger partial charge in [0.1, 0.15) is 5.75 Å². The van der Waals surface area contributed by atoms with Crippen LogP contribution in [0, 0.1) is 0 Å². The Morgan fingerprint density at radius 2 is 2.33 bits per heavy atom. The van der Waals surface area contributed by atoms with Gasteiger partial charge >= 0.3 is 0 Å². The van der Waals surface area contributed by atoms with E-state index in [9.17, 15) is 0 Å². The maximum atomic E-state index is 6.04. The van der Waals surface area contributed by atoms with Crippen LogP contribution < -0.4 is 10.5 Å². The average Bonchev–Trinajstić information content (AvgIpc) is 2.25. The summed E-state index contributed by atoms with van der Waals surface area (Å²) in [5.74, 6) is 0.749. The summed E-state index contributed by atoms with van der Waals surface area (Å²) in [5.41, 5.74) is 7.03. The number of methoxy groups -OCH3 is 1. The molecule has 0 aliphatic rings. The van der Waals surface area contributed by atoms with Gasteiger partial charge in [-0.1, -0.05) is 23.7 Å². The minimum atomic E-state index is -0.0322. The Labute approximate surface area is 95.7 Å². The molecule has 2 N–H and O–H groups in total. The zero-order valence-electron chi connectivity index (χ0n) is 8.87. The van der Waals surface area contributed by atoms with Crippen molar-refractivity contribution in [2.45, 2.75) is 18.9 Å². The summed E-state index contributed by atoms with van der Waals surface area (Å²) in [6, 6.07) is 5.49. The highest BCUT2D eigenvalue weighted by Crippen LogP contribution is 2.29. The van der Waals surface area contributed by atoms with Gasteiger partial charge in [0.05, 0.1) is 7.11 Å². The van der Waals surface area contributed by atoms with E-state index in [-0.39, 0.29) is 6.04 Å². The molecule has 0 saturated heterocycles. The molecule has 0 aliphatic carbocycles. The first kappa shape index (κ1) is 12.1. The molecule has 0 spiro atoms. The molecule has 1 unspecified atom stereocenters. The summed E-state index contributed by atoms with van der Waals surface area (Å²) >= 11 is 5.87. The van der Waals surface area contributed by atoms with E-state index in [1.54, 1.807) is 13.2 Å². The van der Waals surface area contributed by atoms with Crippen LogP contribution in [0.15, 0.2) is 30.9 Å². The molecule has 0 fully saturated rings. The van der Waals surface area contributed by atoms with Gasteiger partial charge < -0.3 is 10.5 Å². The lowest BCUT2D eigenvalue weighted by atomic mass is 10.0. The van der Waals surface area contributed by atoms with Crippen LogP contribution in [-0.4, -0.2) is 7.11 Å². The maximum Gasteiger partial charge on any atom is 0.125 e. The third kappa shape index (κ3) is 3.26. The van der Waals surface area contributed by atoms with Crippen LogP contribution in [0.4, 0.5) is 0 Å². The fourth-order valence-corrected chi connectivity index (χ4v) is 1.61. The standard InChI is InChI=1S/C12H16ClNO/c1-3-4-5-11(14)10-7-6-9(13)8-12(10)15-2/h3,6-8,11H,1,4-5,14H2,2H3. The topological polar surface area (TPSA) is 35.2 Å². The summed E-state index contributed by atoms with van der Waals surface area (Å²) in [6.45, 7) is 3.68. The summed E-state index contributed by atoms with van der Waals surface area (Å²) < 4.78 is 5.24. The second kappa shape index (κ2) is 5.79. The van der Waals surface area contributed by atoms with Crippen LogP contribution in [0.3, 0.4) is 0 Å². The first-order chi connectivity index (χ1) is 7.19. The average molecular weight is 226 g/mol. The minimum absolute atomic E-state index is 0.0322. The Morgan fingerprint density at radius 1 is 1.60 bits per heavy atom. The second-order valence-electron chi connectivity index (χ2n) is 3.36. The zero-order chi connectivity index (χ0) is 11.3. The fraction of sp³-hybridized carbons (Fsp3) is 0.333. The Kier molecular flexibility index (Phi) is 4.66. The van der Waals surface area contributed by atoms with Crippen molar-refractivity contribution in [3.63, 3.8) is 0 Å². The quantitative estimate of drug-likeness (QED) is 0.781. The highest BCUT2D eigenvalue weighted by atomic mass is 35.5. The normalized spacial score (nSPS) is 12.2. The molecule has 1 aromatic rings. The van der Waals surface area contributed by atoms with Crippen molar-refractivity contribution >= 4 is 11.6 Å². The molecule has 0 bridgehead atoms. The van der Waals surface area contributed by atoms with Crippen molar-refractivity contribution in [3.05, 3.63) is 41.4 Å². The molecule has 0 aromatic heterocycles. The highest BCUT2D eigenvalue weighted by molar-refractivity contribution is 6.30. The van der Waals surface area contributed by atoms with Gasteiger partial charge in [0, 0.05) is 16.6 Å². The molecular weight excluding hydrogens is 210 g/mol. The van der Waals surface area contributed by atoms with Gasteiger partial charge in [-0.25, -0.2) is 0 Å². The highest BCUT2D eigenvalue weighted by Gasteiger charge is 2.11. The Morgan fingerprint density at radius 3 is 2.93 bits per heavy atom. The molecule has 1 aromatic carbocycles. The van der Waals surface area contributed by atoms with E-state index in [0.717, 1.165) is 24.2 Å². The van der Waals surface area contributed by atoms with E-state index in [0.29, 0.717) is 5.02 Å². The van der Waals surface area contributed by atoms with E-state index in [2.05, 4.69) is 6.58 Å². The largest absolute Gasteiger partial charge is 0.496 e. The van der Waals surface area contributed by atoms with Gasteiger partial charge in [0.25, 0.3) is 0 Å². The van der Waals surface area contributed by atoms with Crippen molar-refractivity contribution < 1.29 is 4.74 Å². The Balaban J connectivity index is 2.86. The van der Waals surface area contributed by atoms with Crippen molar-refractivity contribution in [2.75, 3.05) is 7.11 Å². The van der Waals surface area contributed by atoms with Gasteiger partial charge in [-0.15, -0.1) is 6.58 Å². The van der Waals surface area contributed by atoms with E-state index in [1.165, 1.54) is 0 Å². The molecule has 0 amide bonds. The maximum absolute atomic E-state index is 6.04. The van der Waals surface area contributed by atoms with Gasteiger partial charge in [-0.2, -0.15) is 0 Å². The summed E-state index contributed by atoms with van der Waals surface area (Å²) in [4.78, 5) is 0. The first-order valence-electron chi connectivity index (χ1n) is 4.89. The number of rotatable bonds is 5. The van der Waals surface area contributed by atoms with Gasteiger partial charge in [0.15, 0.2) is 0 Å². The van der Waals surface area contributed by atoms with Crippen LogP contribution in [0.25, 0.3) is 0 Å². The summed E-state index contributed by atoms with van der Waals surface area (Å²) in [5, 5.41) is 0.659. The van der Waals surface area contributed by atoms with Crippen LogP contribution >= 0.6 is 11.6 Å². The molecule has 2 nitrogen and oxygen atoms in total. The van der Waals surface area contributed by atoms with Crippen molar-refractivity contribution in [1.82, 2.24) is 0 Å². The SMILES string of the molecule is C=CCCC(N)c1ccc(Cl)cc1OC. The fourth-order valence-electron chi connectivity index (χ4n) is 1.44. The zero-order valence-corrected chi connectivity index (χ0v) is 9.63. The van der Waals surface area contributed by atoms with Crippen molar-refractivity contribution in [2.24, 2.45) is 5.73 Å². The van der Waals surface area contributed by atoms with Gasteiger partial charge in [0.2, 0.25) is 0 Å². The molecular formula is C12H16ClNO. The van der Waals surface area contributed by atoms with Crippen molar-refractivity contribution in [3.8, 4) is 5.75 Å². The minimum Gasteiger partial charge on any atom is -0.496 e. The summed E-state index contributed by atoms with van der Waals surface area (Å²) in [6.07, 6.45) is 3.62. The molecule has 82 valence electrons. The monoisotopic (exact) mass is 225 g/mol. The molecule has 0 heterocycles. The molecule has 15 heavy (non-hydrogen) atoms. The van der Waals surface area contributed by atoms with Crippen LogP contribution in [-0.2, 0) is 0 Å².